The lowest BCUT2D eigenvalue weighted by molar-refractivity contribution is -0.305. The minimum Gasteiger partial charge on any atom is -0.373 e. The van der Waals surface area contributed by atoms with Crippen LogP contribution in [0.25, 0.3) is 0 Å². The van der Waals surface area contributed by atoms with Crippen LogP contribution in [0.15, 0.2) is 30.3 Å². The van der Waals surface area contributed by atoms with Gasteiger partial charge < -0.3 is 4.74 Å². The van der Waals surface area contributed by atoms with Gasteiger partial charge in [-0.05, 0) is 19.1 Å². The number of nitriles is 1. The molecule has 0 heterocycles. The van der Waals surface area contributed by atoms with Crippen LogP contribution < -0.4 is 0 Å². The molecule has 1 rings (SSSR count). The smallest absolute Gasteiger partial charge is 0.373 e. The molecule has 0 saturated carbocycles. The molecule has 0 radical (unpaired) electrons. The van der Waals surface area contributed by atoms with E-state index in [4.69, 9.17) is 5.26 Å². The van der Waals surface area contributed by atoms with Gasteiger partial charge in [0.15, 0.2) is 0 Å². The Morgan fingerprint density at radius 2 is 1.79 bits per heavy atom. The standard InChI is InChI=1S/C7H5N.C5H5F3O3/c8-6-7-4-2-1-3-5-7;1-3(9)2-4(10)11-5(6,7)8/h1-5H;2H2,1H3. The van der Waals surface area contributed by atoms with Gasteiger partial charge in [0, 0.05) is 0 Å². The summed E-state index contributed by atoms with van der Waals surface area (Å²) in [6.45, 7) is 0.998. The summed E-state index contributed by atoms with van der Waals surface area (Å²) in [5.41, 5.74) is 0.715. The van der Waals surface area contributed by atoms with Gasteiger partial charge in [0.25, 0.3) is 0 Å². The molecule has 0 aliphatic heterocycles. The first-order valence-corrected chi connectivity index (χ1v) is 4.97. The van der Waals surface area contributed by atoms with E-state index in [1.807, 2.05) is 24.3 Å². The fourth-order valence-corrected chi connectivity index (χ4v) is 0.881. The molecule has 0 N–H and O–H groups in total. The zero-order valence-corrected chi connectivity index (χ0v) is 9.90. The molecule has 1 aromatic carbocycles. The fourth-order valence-electron chi connectivity index (χ4n) is 0.881. The van der Waals surface area contributed by atoms with Crippen LogP contribution in [0, 0.1) is 11.3 Å². The van der Waals surface area contributed by atoms with Crippen molar-refractivity contribution in [2.45, 2.75) is 19.7 Å². The highest BCUT2D eigenvalue weighted by Crippen LogP contribution is 2.16. The molecule has 0 spiro atoms. The number of benzene rings is 1. The minimum atomic E-state index is -4.99. The van der Waals surface area contributed by atoms with Gasteiger partial charge in [0.2, 0.25) is 0 Å². The van der Waals surface area contributed by atoms with Crippen LogP contribution in [-0.4, -0.2) is 18.1 Å². The molecule has 0 aromatic heterocycles. The van der Waals surface area contributed by atoms with Gasteiger partial charge in [-0.15, -0.1) is 13.2 Å². The quantitative estimate of drug-likeness (QED) is 0.613. The van der Waals surface area contributed by atoms with Gasteiger partial charge in [-0.1, -0.05) is 18.2 Å². The number of carbonyl (C=O) groups excluding carboxylic acids is 2. The van der Waals surface area contributed by atoms with Crippen LogP contribution in [0.4, 0.5) is 13.2 Å². The fraction of sp³-hybridized carbons (Fsp3) is 0.250. The Hall–Kier alpha value is -2.36. The van der Waals surface area contributed by atoms with Gasteiger partial charge in [-0.25, -0.2) is 0 Å². The van der Waals surface area contributed by atoms with Crippen LogP contribution in [0.3, 0.4) is 0 Å². The maximum Gasteiger partial charge on any atom is 0.575 e. The van der Waals surface area contributed by atoms with Crippen molar-refractivity contribution in [1.82, 2.24) is 0 Å². The van der Waals surface area contributed by atoms with Gasteiger partial charge in [-0.3, -0.25) is 9.59 Å². The third-order valence-corrected chi connectivity index (χ3v) is 1.53. The molecule has 0 amide bonds. The number of nitrogens with zero attached hydrogens (tertiary/aromatic N) is 1. The number of alkyl halides is 3. The molecule has 19 heavy (non-hydrogen) atoms. The van der Waals surface area contributed by atoms with E-state index in [9.17, 15) is 22.8 Å². The summed E-state index contributed by atoms with van der Waals surface area (Å²) < 4.78 is 36.5. The van der Waals surface area contributed by atoms with E-state index in [1.54, 1.807) is 12.1 Å². The van der Waals surface area contributed by atoms with Crippen LogP contribution in [0.2, 0.25) is 0 Å². The van der Waals surface area contributed by atoms with Crippen molar-refractivity contribution in [1.29, 1.82) is 5.26 Å². The molecular weight excluding hydrogens is 263 g/mol. The second kappa shape index (κ2) is 7.87. The van der Waals surface area contributed by atoms with Gasteiger partial charge in [0.1, 0.15) is 12.2 Å². The average molecular weight is 273 g/mol. The van der Waals surface area contributed by atoms with E-state index in [0.717, 1.165) is 6.92 Å². The Morgan fingerprint density at radius 1 is 1.26 bits per heavy atom. The predicted molar refractivity (Wildman–Crippen MR) is 58.6 cm³/mol. The van der Waals surface area contributed by atoms with E-state index in [-0.39, 0.29) is 0 Å². The molecule has 0 bridgehead atoms. The average Bonchev–Trinajstić information content (AvgIpc) is 2.27. The normalized spacial score (nSPS) is 9.63. The van der Waals surface area contributed by atoms with Crippen LogP contribution >= 0.6 is 0 Å². The van der Waals surface area contributed by atoms with Gasteiger partial charge >= 0.3 is 12.3 Å². The summed E-state index contributed by atoms with van der Waals surface area (Å²) in [6, 6.07) is 11.2. The number of esters is 1. The number of halogens is 3. The lowest BCUT2D eigenvalue weighted by Gasteiger charge is -2.04. The van der Waals surface area contributed by atoms with Crippen molar-refractivity contribution >= 4 is 11.8 Å². The number of hydrogen-bond acceptors (Lipinski definition) is 4. The van der Waals surface area contributed by atoms with Crippen molar-refractivity contribution < 1.29 is 27.5 Å². The highest BCUT2D eigenvalue weighted by atomic mass is 19.4. The van der Waals surface area contributed by atoms with E-state index in [2.05, 4.69) is 4.74 Å². The maximum absolute atomic E-state index is 11.2. The highest BCUT2D eigenvalue weighted by molar-refractivity contribution is 5.94. The molecule has 0 atom stereocenters. The molecule has 0 unspecified atom stereocenters. The molecule has 0 fully saturated rings. The minimum absolute atomic E-state index is 0.667. The van der Waals surface area contributed by atoms with Crippen LogP contribution in [0.5, 0.6) is 0 Å². The molecule has 4 nitrogen and oxygen atoms in total. The first-order valence-electron chi connectivity index (χ1n) is 4.97. The van der Waals surface area contributed by atoms with Crippen molar-refractivity contribution in [2.75, 3.05) is 0 Å². The number of Topliss-reactive ketones (excluding diaryl/α,β-unsaturated/α-hetero) is 1. The van der Waals surface area contributed by atoms with Crippen molar-refractivity contribution in [3.63, 3.8) is 0 Å². The van der Waals surface area contributed by atoms with Crippen molar-refractivity contribution in [3.05, 3.63) is 35.9 Å². The molecule has 0 saturated heterocycles. The zero-order valence-electron chi connectivity index (χ0n) is 9.90. The molecule has 1 aromatic rings. The van der Waals surface area contributed by atoms with Crippen molar-refractivity contribution in [3.8, 4) is 6.07 Å². The Labute approximate surface area is 107 Å². The summed E-state index contributed by atoms with van der Waals surface area (Å²) in [5, 5.41) is 8.29. The summed E-state index contributed by atoms with van der Waals surface area (Å²) in [7, 11) is 0. The predicted octanol–water partition coefficient (Wildman–Crippen LogP) is 2.59. The van der Waals surface area contributed by atoms with Crippen molar-refractivity contribution in [2.24, 2.45) is 0 Å². The number of carbonyl (C=O) groups is 2. The second-order valence-electron chi connectivity index (χ2n) is 3.28. The molecular formula is C12H10F3NO3. The first-order chi connectivity index (χ1) is 8.74. The Morgan fingerprint density at radius 3 is 2.11 bits per heavy atom. The summed E-state index contributed by atoms with van der Waals surface area (Å²) in [5.74, 6) is -2.25. The zero-order chi connectivity index (χ0) is 14.9. The molecule has 7 heteroatoms. The van der Waals surface area contributed by atoms with Gasteiger partial charge in [0.05, 0.1) is 11.6 Å². The number of rotatable bonds is 2. The summed E-state index contributed by atoms with van der Waals surface area (Å²) in [6.07, 6.45) is -5.84. The third kappa shape index (κ3) is 10.5. The number of ether oxygens (including phenoxy) is 1. The van der Waals surface area contributed by atoms with E-state index in [0.29, 0.717) is 5.56 Å². The lowest BCUT2D eigenvalue weighted by Crippen LogP contribution is -2.20. The lowest BCUT2D eigenvalue weighted by atomic mass is 10.2. The Bertz CT molecular complexity index is 463. The SMILES string of the molecule is CC(=O)CC(=O)OC(F)(F)F.N#Cc1ccccc1. The van der Waals surface area contributed by atoms with Gasteiger partial charge in [-0.2, -0.15) is 5.26 Å². The molecule has 0 aliphatic carbocycles. The molecule has 102 valence electrons. The largest absolute Gasteiger partial charge is 0.575 e. The summed E-state index contributed by atoms with van der Waals surface area (Å²) >= 11 is 0. The summed E-state index contributed by atoms with van der Waals surface area (Å²) in [4.78, 5) is 20.2. The third-order valence-electron chi connectivity index (χ3n) is 1.53. The Kier molecular flexibility index (Phi) is 6.89. The first kappa shape index (κ1) is 16.6. The highest BCUT2D eigenvalue weighted by Gasteiger charge is 2.33. The maximum atomic E-state index is 11.2. The van der Waals surface area contributed by atoms with Crippen LogP contribution in [-0.2, 0) is 14.3 Å². The monoisotopic (exact) mass is 273 g/mol. The second-order valence-corrected chi connectivity index (χ2v) is 3.28. The van der Waals surface area contributed by atoms with E-state index in [1.165, 1.54) is 0 Å². The van der Waals surface area contributed by atoms with Crippen LogP contribution in [0.1, 0.15) is 18.9 Å². The number of ketones is 1. The molecule has 0 aliphatic rings. The number of hydrogen-bond donors (Lipinski definition) is 0. The Balaban J connectivity index is 0.000000356. The van der Waals surface area contributed by atoms with E-state index < -0.39 is 24.5 Å². The van der Waals surface area contributed by atoms with E-state index >= 15 is 0 Å². The topological polar surface area (TPSA) is 67.2 Å².